The average Bonchev–Trinajstić information content (AvgIpc) is 2.75. The van der Waals surface area contributed by atoms with Crippen LogP contribution >= 0.6 is 63.7 Å². The fourth-order valence-electron chi connectivity index (χ4n) is 3.33. The molecular weight excluding hydrogens is 648 g/mol. The number of anilines is 1. The predicted molar refractivity (Wildman–Crippen MR) is 130 cm³/mol. The van der Waals surface area contributed by atoms with Gasteiger partial charge in [-0.05, 0) is 87.5 Å². The van der Waals surface area contributed by atoms with Gasteiger partial charge in [0.15, 0.2) is 11.3 Å². The Labute approximate surface area is 205 Å². The highest BCUT2D eigenvalue weighted by atomic mass is 79.9. The van der Waals surface area contributed by atoms with Crippen LogP contribution in [0.5, 0.6) is 0 Å². The van der Waals surface area contributed by atoms with Gasteiger partial charge in [-0.1, -0.05) is 18.2 Å². The zero-order valence-electron chi connectivity index (χ0n) is 15.4. The maximum atomic E-state index is 12.5. The molecule has 0 unspecified atom stereocenters. The standard InChI is InChI=1S/C21H12Br4N2O3/c1-29-21(28)9-5-3-2-4-8(9)14-10-6-12(22)17(26)15(24)19(10)30-20-11(14)7-13(23)18(27)16(20)25/h2-7,26H,27H2,1H3/p+1. The van der Waals surface area contributed by atoms with E-state index >= 15 is 0 Å². The van der Waals surface area contributed by atoms with E-state index in [0.717, 1.165) is 16.5 Å². The van der Waals surface area contributed by atoms with Crippen LogP contribution in [0.2, 0.25) is 0 Å². The van der Waals surface area contributed by atoms with Crippen LogP contribution in [-0.4, -0.2) is 13.1 Å². The Balaban J connectivity index is 2.31. The molecule has 1 aliphatic carbocycles. The highest BCUT2D eigenvalue weighted by Crippen LogP contribution is 2.48. The minimum Gasteiger partial charge on any atom is -0.465 e. The van der Waals surface area contributed by atoms with Crippen molar-refractivity contribution >= 4 is 86.3 Å². The summed E-state index contributed by atoms with van der Waals surface area (Å²) in [5, 5.41) is 7.46. The van der Waals surface area contributed by atoms with E-state index in [1.54, 1.807) is 12.1 Å². The van der Waals surface area contributed by atoms with E-state index in [1.807, 2.05) is 24.3 Å². The zero-order chi connectivity index (χ0) is 21.7. The Morgan fingerprint density at radius 1 is 1.03 bits per heavy atom. The fraction of sp³-hybridized carbons (Fsp3) is 0.0476. The van der Waals surface area contributed by atoms with E-state index in [-0.39, 0.29) is 0 Å². The van der Waals surface area contributed by atoms with Gasteiger partial charge >= 0.3 is 5.97 Å². The summed E-state index contributed by atoms with van der Waals surface area (Å²) in [4.78, 5) is 12.5. The summed E-state index contributed by atoms with van der Waals surface area (Å²) < 4.78 is 13.9. The summed E-state index contributed by atoms with van der Waals surface area (Å²) in [6, 6.07) is 11.0. The Morgan fingerprint density at radius 2 is 1.73 bits per heavy atom. The number of nitrogens with two attached hydrogens (primary N) is 2. The molecular formula is C21H13Br4N2O3+. The molecule has 2 aromatic rings. The lowest BCUT2D eigenvalue weighted by Gasteiger charge is -2.19. The molecule has 0 saturated carbocycles. The van der Waals surface area contributed by atoms with Crippen LogP contribution in [0, 0.1) is 0 Å². The lowest BCUT2D eigenvalue weighted by atomic mass is 9.90. The minimum absolute atomic E-state index is 0.432. The molecule has 4 rings (SSSR count). The minimum atomic E-state index is -0.435. The highest BCUT2D eigenvalue weighted by Gasteiger charge is 2.27. The third-order valence-corrected chi connectivity index (χ3v) is 7.65. The van der Waals surface area contributed by atoms with Crippen molar-refractivity contribution in [1.82, 2.24) is 0 Å². The van der Waals surface area contributed by atoms with Gasteiger partial charge in [-0.15, -0.1) is 0 Å². The number of benzene rings is 3. The van der Waals surface area contributed by atoms with Gasteiger partial charge in [0.1, 0.15) is 4.47 Å². The number of nitrogen functional groups attached to an aromatic ring is 1. The second-order valence-corrected chi connectivity index (χ2v) is 9.73. The molecule has 1 heterocycles. The Morgan fingerprint density at radius 3 is 2.43 bits per heavy atom. The van der Waals surface area contributed by atoms with Gasteiger partial charge in [0, 0.05) is 21.0 Å². The number of hydrogen-bond acceptors (Lipinski definition) is 4. The summed E-state index contributed by atoms with van der Waals surface area (Å²) in [6.07, 6.45) is 0. The molecule has 0 fully saturated rings. The third kappa shape index (κ3) is 3.32. The molecule has 1 aliphatic heterocycles. The molecule has 9 heteroatoms. The lowest BCUT2D eigenvalue weighted by Crippen LogP contribution is -2.46. The van der Waals surface area contributed by atoms with Crippen LogP contribution in [-0.2, 0) is 4.74 Å². The fourth-order valence-corrected chi connectivity index (χ4v) is 5.73. The first-order valence-electron chi connectivity index (χ1n) is 8.54. The van der Waals surface area contributed by atoms with Crippen molar-refractivity contribution in [2.24, 2.45) is 0 Å². The quantitative estimate of drug-likeness (QED) is 0.174. The van der Waals surface area contributed by atoms with E-state index in [0.29, 0.717) is 51.4 Å². The van der Waals surface area contributed by atoms with Crippen molar-refractivity contribution in [3.63, 3.8) is 0 Å². The monoisotopic (exact) mass is 657 g/mol. The number of carbonyl (C=O) groups is 1. The van der Waals surface area contributed by atoms with E-state index in [2.05, 4.69) is 63.7 Å². The topological polar surface area (TPSA) is 91.0 Å². The molecule has 0 atom stereocenters. The molecule has 2 aromatic carbocycles. The number of halogens is 4. The molecule has 0 bridgehead atoms. The van der Waals surface area contributed by atoms with Gasteiger partial charge in [0.2, 0.25) is 5.36 Å². The molecule has 2 aliphatic rings. The van der Waals surface area contributed by atoms with Gasteiger partial charge in [0.05, 0.1) is 27.3 Å². The summed E-state index contributed by atoms with van der Waals surface area (Å²) >= 11 is 14.1. The van der Waals surface area contributed by atoms with E-state index in [9.17, 15) is 4.79 Å². The van der Waals surface area contributed by atoms with Crippen molar-refractivity contribution in [3.8, 4) is 22.5 Å². The summed E-state index contributed by atoms with van der Waals surface area (Å²) in [5.41, 5.74) is 9.90. The van der Waals surface area contributed by atoms with Crippen LogP contribution in [0.4, 0.5) is 5.69 Å². The number of ether oxygens (including phenoxy) is 1. The summed E-state index contributed by atoms with van der Waals surface area (Å²) in [6.45, 7) is 0. The number of methoxy groups -OCH3 is 1. The van der Waals surface area contributed by atoms with Crippen molar-refractivity contribution in [1.29, 1.82) is 0 Å². The van der Waals surface area contributed by atoms with Crippen LogP contribution in [0.3, 0.4) is 0 Å². The van der Waals surface area contributed by atoms with Crippen LogP contribution < -0.4 is 16.5 Å². The predicted octanol–water partition coefficient (Wildman–Crippen LogP) is 5.28. The molecule has 5 nitrogen and oxygen atoms in total. The molecule has 0 spiro atoms. The van der Waals surface area contributed by atoms with Crippen LogP contribution in [0.1, 0.15) is 10.4 Å². The van der Waals surface area contributed by atoms with Crippen molar-refractivity contribution in [2.45, 2.75) is 0 Å². The van der Waals surface area contributed by atoms with Gasteiger partial charge < -0.3 is 14.9 Å². The normalized spacial score (nSPS) is 11.2. The lowest BCUT2D eigenvalue weighted by molar-refractivity contribution is -0.174. The first kappa shape index (κ1) is 21.5. The second kappa shape index (κ2) is 8.11. The van der Waals surface area contributed by atoms with Crippen molar-refractivity contribution in [2.75, 3.05) is 12.8 Å². The maximum Gasteiger partial charge on any atom is 0.338 e. The maximum absolute atomic E-state index is 12.5. The first-order chi connectivity index (χ1) is 14.3. The van der Waals surface area contributed by atoms with Gasteiger partial charge in [-0.3, -0.25) is 5.41 Å². The number of esters is 1. The molecule has 0 aromatic heterocycles. The van der Waals surface area contributed by atoms with E-state index in [4.69, 9.17) is 20.3 Å². The Kier molecular flexibility index (Phi) is 5.82. The molecule has 0 amide bonds. The average molecular weight is 661 g/mol. The zero-order valence-corrected chi connectivity index (χ0v) is 21.7. The van der Waals surface area contributed by atoms with Crippen molar-refractivity contribution in [3.05, 3.63) is 65.2 Å². The smallest absolute Gasteiger partial charge is 0.338 e. The number of rotatable bonds is 2. The Bertz CT molecular complexity index is 1380. The SMILES string of the molecule is COC(=O)c1ccccc1-c1c2cc(Br)c(=[NH2+])c(Br)c-2oc2c(Br)c(N)c(Br)cc12. The molecule has 30 heavy (non-hydrogen) atoms. The third-order valence-electron chi connectivity index (χ3n) is 4.76. The molecule has 152 valence electrons. The van der Waals surface area contributed by atoms with Crippen molar-refractivity contribution < 1.29 is 19.4 Å². The second-order valence-electron chi connectivity index (χ2n) is 6.44. The first-order valence-corrected chi connectivity index (χ1v) is 11.7. The molecule has 0 radical (unpaired) electrons. The van der Waals surface area contributed by atoms with Gasteiger partial charge in [0.25, 0.3) is 0 Å². The highest BCUT2D eigenvalue weighted by molar-refractivity contribution is 9.11. The van der Waals surface area contributed by atoms with E-state index in [1.165, 1.54) is 7.11 Å². The van der Waals surface area contributed by atoms with Gasteiger partial charge in [-0.25, -0.2) is 4.79 Å². The summed E-state index contributed by atoms with van der Waals surface area (Å²) in [5.74, 6) is 0.0927. The van der Waals surface area contributed by atoms with E-state index < -0.39 is 5.97 Å². The number of fused-ring (bicyclic) bond motifs is 2. The largest absolute Gasteiger partial charge is 0.465 e. The van der Waals surface area contributed by atoms with Crippen LogP contribution in [0.25, 0.3) is 33.4 Å². The number of hydrogen-bond donors (Lipinski definition) is 2. The Hall–Kier alpha value is -1.68. The molecule has 4 N–H and O–H groups in total. The molecule has 0 saturated heterocycles. The number of carbonyl (C=O) groups excluding carboxylic acids is 1. The summed E-state index contributed by atoms with van der Waals surface area (Å²) in [7, 11) is 1.36. The van der Waals surface area contributed by atoms with Crippen LogP contribution in [0.15, 0.2) is 58.7 Å². The van der Waals surface area contributed by atoms with Gasteiger partial charge in [-0.2, -0.15) is 0 Å².